The van der Waals surface area contributed by atoms with E-state index in [-0.39, 0.29) is 17.8 Å². The average Bonchev–Trinajstić information content (AvgIpc) is 2.98. The molecule has 2 aromatic carbocycles. The number of rotatable bonds is 2. The van der Waals surface area contributed by atoms with E-state index in [0.29, 0.717) is 17.1 Å². The number of hydrogen-bond acceptors (Lipinski definition) is 4. The van der Waals surface area contributed by atoms with E-state index in [1.165, 1.54) is 0 Å². The predicted molar refractivity (Wildman–Crippen MR) is 92.2 cm³/mol. The zero-order chi connectivity index (χ0) is 16.4. The Morgan fingerprint density at radius 2 is 1.87 bits per heavy atom. The topological polar surface area (TPSA) is 59.6 Å². The van der Waals surface area contributed by atoms with E-state index in [1.54, 1.807) is 18.2 Å². The van der Waals surface area contributed by atoms with Crippen molar-refractivity contribution in [2.45, 2.75) is 13.8 Å². The molecule has 6 heteroatoms. The fourth-order valence-corrected chi connectivity index (χ4v) is 2.44. The number of ether oxygens (including phenoxy) is 2. The first-order chi connectivity index (χ1) is 11.0. The first-order valence-electron chi connectivity index (χ1n) is 7.12. The van der Waals surface area contributed by atoms with E-state index in [1.807, 2.05) is 32.0 Å². The molecule has 0 spiro atoms. The van der Waals surface area contributed by atoms with Gasteiger partial charge in [0.2, 0.25) is 6.79 Å². The van der Waals surface area contributed by atoms with Gasteiger partial charge in [0.15, 0.2) is 16.6 Å². The highest BCUT2D eigenvalue weighted by molar-refractivity contribution is 7.80. The minimum Gasteiger partial charge on any atom is -0.454 e. The summed E-state index contributed by atoms with van der Waals surface area (Å²) in [6.07, 6.45) is 0. The first-order valence-corrected chi connectivity index (χ1v) is 7.53. The van der Waals surface area contributed by atoms with Gasteiger partial charge in [-0.3, -0.25) is 10.1 Å². The van der Waals surface area contributed by atoms with Gasteiger partial charge in [0.25, 0.3) is 5.91 Å². The van der Waals surface area contributed by atoms with Gasteiger partial charge in [0.05, 0.1) is 0 Å². The molecular formula is C17H16N2O3S. The largest absolute Gasteiger partial charge is 0.454 e. The Morgan fingerprint density at radius 1 is 1.09 bits per heavy atom. The highest BCUT2D eigenvalue weighted by Gasteiger charge is 2.16. The molecule has 2 N–H and O–H groups in total. The van der Waals surface area contributed by atoms with Crippen LogP contribution in [0.1, 0.15) is 21.5 Å². The lowest BCUT2D eigenvalue weighted by atomic mass is 10.1. The summed E-state index contributed by atoms with van der Waals surface area (Å²) in [7, 11) is 0. The monoisotopic (exact) mass is 328 g/mol. The fraction of sp³-hybridized carbons (Fsp3) is 0.176. The van der Waals surface area contributed by atoms with Crippen molar-refractivity contribution in [3.05, 3.63) is 53.1 Å². The molecule has 0 radical (unpaired) electrons. The quantitative estimate of drug-likeness (QED) is 0.829. The number of hydrogen-bond donors (Lipinski definition) is 2. The molecule has 0 saturated heterocycles. The van der Waals surface area contributed by atoms with E-state index in [2.05, 4.69) is 10.6 Å². The lowest BCUT2D eigenvalue weighted by Crippen LogP contribution is -2.34. The van der Waals surface area contributed by atoms with Crippen molar-refractivity contribution in [3.63, 3.8) is 0 Å². The molecule has 1 amide bonds. The average molecular weight is 328 g/mol. The number of amides is 1. The Balaban J connectivity index is 1.68. The molecule has 0 aliphatic carbocycles. The fourth-order valence-electron chi connectivity index (χ4n) is 2.24. The predicted octanol–water partition coefficient (Wildman–Crippen LogP) is 3.16. The number of carbonyl (C=O) groups excluding carboxylic acids is 1. The SMILES string of the molecule is Cc1ccc(C)c(NC(=S)NC(=O)c2ccc3c(c2)OCO3)c1. The molecular weight excluding hydrogens is 312 g/mol. The molecule has 1 aliphatic heterocycles. The number of aryl methyl sites for hydroxylation is 2. The maximum atomic E-state index is 12.3. The number of nitrogens with one attached hydrogen (secondary N) is 2. The Hall–Kier alpha value is -2.60. The van der Waals surface area contributed by atoms with Gasteiger partial charge in [0, 0.05) is 11.3 Å². The maximum Gasteiger partial charge on any atom is 0.257 e. The Morgan fingerprint density at radius 3 is 2.70 bits per heavy atom. The number of thiocarbonyl (C=S) groups is 1. The van der Waals surface area contributed by atoms with E-state index < -0.39 is 0 Å². The Kier molecular flexibility index (Phi) is 4.16. The zero-order valence-electron chi connectivity index (χ0n) is 12.8. The molecule has 1 aliphatic rings. The Labute approximate surface area is 139 Å². The smallest absolute Gasteiger partial charge is 0.257 e. The van der Waals surface area contributed by atoms with Crippen LogP contribution in [0.3, 0.4) is 0 Å². The molecule has 23 heavy (non-hydrogen) atoms. The van der Waals surface area contributed by atoms with Crippen LogP contribution in [0.4, 0.5) is 5.69 Å². The van der Waals surface area contributed by atoms with Crippen LogP contribution >= 0.6 is 12.2 Å². The molecule has 0 atom stereocenters. The molecule has 118 valence electrons. The number of anilines is 1. The van der Waals surface area contributed by atoms with Gasteiger partial charge >= 0.3 is 0 Å². The summed E-state index contributed by atoms with van der Waals surface area (Å²) >= 11 is 5.22. The normalized spacial score (nSPS) is 11.9. The maximum absolute atomic E-state index is 12.3. The molecule has 0 fully saturated rings. The minimum absolute atomic E-state index is 0.174. The summed E-state index contributed by atoms with van der Waals surface area (Å²) in [5.74, 6) is 0.898. The first kappa shape index (κ1) is 15.3. The molecule has 3 rings (SSSR count). The highest BCUT2D eigenvalue weighted by Crippen LogP contribution is 2.32. The lowest BCUT2D eigenvalue weighted by Gasteiger charge is -2.12. The van der Waals surface area contributed by atoms with Crippen molar-refractivity contribution >= 4 is 28.9 Å². The van der Waals surface area contributed by atoms with Gasteiger partial charge in [-0.2, -0.15) is 0 Å². The van der Waals surface area contributed by atoms with Crippen molar-refractivity contribution in [1.82, 2.24) is 5.32 Å². The molecule has 0 saturated carbocycles. The molecule has 5 nitrogen and oxygen atoms in total. The zero-order valence-corrected chi connectivity index (χ0v) is 13.6. The van der Waals surface area contributed by atoms with E-state index in [0.717, 1.165) is 16.8 Å². The summed E-state index contributed by atoms with van der Waals surface area (Å²) in [4.78, 5) is 12.3. The minimum atomic E-state index is -0.300. The van der Waals surface area contributed by atoms with E-state index >= 15 is 0 Å². The number of fused-ring (bicyclic) bond motifs is 1. The summed E-state index contributed by atoms with van der Waals surface area (Å²) in [5, 5.41) is 5.97. The van der Waals surface area contributed by atoms with Crippen molar-refractivity contribution in [1.29, 1.82) is 0 Å². The van der Waals surface area contributed by atoms with Gasteiger partial charge in [0.1, 0.15) is 0 Å². The molecule has 2 aromatic rings. The lowest BCUT2D eigenvalue weighted by molar-refractivity contribution is 0.0977. The van der Waals surface area contributed by atoms with Gasteiger partial charge in [-0.15, -0.1) is 0 Å². The summed E-state index contributed by atoms with van der Waals surface area (Å²) in [6, 6.07) is 11.0. The van der Waals surface area contributed by atoms with Crippen LogP contribution in [0.5, 0.6) is 11.5 Å². The Bertz CT molecular complexity index is 789. The van der Waals surface area contributed by atoms with Crippen molar-refractivity contribution < 1.29 is 14.3 Å². The number of benzene rings is 2. The summed E-state index contributed by atoms with van der Waals surface area (Å²) in [6.45, 7) is 4.15. The summed E-state index contributed by atoms with van der Waals surface area (Å²) < 4.78 is 10.5. The molecule has 1 heterocycles. The third kappa shape index (κ3) is 3.43. The van der Waals surface area contributed by atoms with Crippen LogP contribution in [0.15, 0.2) is 36.4 Å². The third-order valence-corrected chi connectivity index (χ3v) is 3.71. The van der Waals surface area contributed by atoms with Gasteiger partial charge < -0.3 is 14.8 Å². The second-order valence-corrected chi connectivity index (χ2v) is 5.70. The molecule has 0 aromatic heterocycles. The van der Waals surface area contributed by atoms with Crippen LogP contribution < -0.4 is 20.1 Å². The van der Waals surface area contributed by atoms with Gasteiger partial charge in [-0.25, -0.2) is 0 Å². The summed E-state index contributed by atoms with van der Waals surface area (Å²) in [5.41, 5.74) is 3.50. The van der Waals surface area contributed by atoms with Crippen LogP contribution in [0.25, 0.3) is 0 Å². The van der Waals surface area contributed by atoms with E-state index in [4.69, 9.17) is 21.7 Å². The van der Waals surface area contributed by atoms with Crippen LogP contribution in [0, 0.1) is 13.8 Å². The second-order valence-electron chi connectivity index (χ2n) is 5.29. The van der Waals surface area contributed by atoms with Crippen molar-refractivity contribution in [2.75, 3.05) is 12.1 Å². The van der Waals surface area contributed by atoms with Crippen molar-refractivity contribution in [2.24, 2.45) is 0 Å². The van der Waals surface area contributed by atoms with Crippen LogP contribution in [0.2, 0.25) is 0 Å². The standard InChI is InChI=1S/C17H16N2O3S/c1-10-3-4-11(2)13(7-10)18-17(23)19-16(20)12-5-6-14-15(8-12)22-9-21-14/h3-8H,9H2,1-2H3,(H2,18,19,20,23). The third-order valence-electron chi connectivity index (χ3n) is 3.50. The van der Waals surface area contributed by atoms with Crippen LogP contribution in [-0.4, -0.2) is 17.8 Å². The highest BCUT2D eigenvalue weighted by atomic mass is 32.1. The van der Waals surface area contributed by atoms with Crippen molar-refractivity contribution in [3.8, 4) is 11.5 Å². The number of carbonyl (C=O) groups is 1. The van der Waals surface area contributed by atoms with E-state index in [9.17, 15) is 4.79 Å². The van der Waals surface area contributed by atoms with Crippen LogP contribution in [-0.2, 0) is 0 Å². The van der Waals surface area contributed by atoms with Gasteiger partial charge in [-0.05, 0) is 61.5 Å². The van der Waals surface area contributed by atoms with Gasteiger partial charge in [-0.1, -0.05) is 12.1 Å². The molecule has 0 unspecified atom stereocenters. The second kappa shape index (κ2) is 6.26. The molecule has 0 bridgehead atoms.